The second-order valence-corrected chi connectivity index (χ2v) is 7.17. The molecule has 11 nitrogen and oxygen atoms in total. The van der Waals surface area contributed by atoms with Gasteiger partial charge in [0.25, 0.3) is 5.91 Å². The van der Waals surface area contributed by atoms with E-state index in [2.05, 4.69) is 30.8 Å². The van der Waals surface area contributed by atoms with Gasteiger partial charge in [-0.25, -0.2) is 9.78 Å². The molecule has 0 aliphatic heterocycles. The summed E-state index contributed by atoms with van der Waals surface area (Å²) in [4.78, 5) is 29.1. The first kappa shape index (κ1) is 25.6. The molecule has 0 spiro atoms. The average molecular weight is 495 g/mol. The summed E-state index contributed by atoms with van der Waals surface area (Å²) in [5.41, 5.74) is 0.228. The molecule has 3 rings (SSSR count). The van der Waals surface area contributed by atoms with Gasteiger partial charge in [0.05, 0.1) is 6.61 Å². The number of ether oxygens (including phenoxy) is 2. The van der Waals surface area contributed by atoms with Gasteiger partial charge in [0, 0.05) is 51.0 Å². The number of carbonyl (C=O) groups excluding carboxylic acids is 2. The number of aryl methyl sites for hydroxylation is 1. The monoisotopic (exact) mass is 495 g/mol. The highest BCUT2D eigenvalue weighted by molar-refractivity contribution is 5.99. The third kappa shape index (κ3) is 8.33. The van der Waals surface area contributed by atoms with Crippen molar-refractivity contribution in [3.8, 4) is 5.75 Å². The van der Waals surface area contributed by atoms with Crippen molar-refractivity contribution in [2.75, 3.05) is 30.9 Å². The summed E-state index contributed by atoms with van der Waals surface area (Å²) in [6, 6.07) is 5.75. The van der Waals surface area contributed by atoms with E-state index in [4.69, 9.17) is 4.74 Å². The Balaban J connectivity index is 1.57. The fraction of sp³-hybridized carbons (Fsp3) is 0.333. The van der Waals surface area contributed by atoms with Crippen LogP contribution in [0.5, 0.6) is 5.75 Å². The first-order chi connectivity index (χ1) is 16.7. The lowest BCUT2D eigenvalue weighted by molar-refractivity contribution is -0.274. The fourth-order valence-electron chi connectivity index (χ4n) is 2.99. The first-order valence-electron chi connectivity index (χ1n) is 10.5. The van der Waals surface area contributed by atoms with Crippen LogP contribution in [-0.4, -0.2) is 57.9 Å². The number of imidazole rings is 1. The van der Waals surface area contributed by atoms with Crippen molar-refractivity contribution in [2.45, 2.75) is 25.9 Å². The topological polar surface area (TPSA) is 124 Å². The van der Waals surface area contributed by atoms with Crippen LogP contribution in [0.3, 0.4) is 0 Å². The number of urea groups is 1. The molecule has 188 valence electrons. The summed E-state index contributed by atoms with van der Waals surface area (Å²) in [6.07, 6.45) is 0.835. The zero-order valence-corrected chi connectivity index (χ0v) is 18.7. The Labute approximate surface area is 198 Å². The highest BCUT2D eigenvalue weighted by atomic mass is 19.4. The van der Waals surface area contributed by atoms with Gasteiger partial charge >= 0.3 is 12.4 Å². The van der Waals surface area contributed by atoms with Crippen LogP contribution < -0.4 is 20.7 Å². The predicted molar refractivity (Wildman–Crippen MR) is 119 cm³/mol. The normalized spacial score (nSPS) is 11.2. The zero-order chi connectivity index (χ0) is 25.3. The number of hydrogen-bond acceptors (Lipinski definition) is 6. The molecule has 14 heteroatoms. The van der Waals surface area contributed by atoms with Gasteiger partial charge in [-0.3, -0.25) is 14.8 Å². The van der Waals surface area contributed by atoms with Crippen LogP contribution in [0.2, 0.25) is 0 Å². The van der Waals surface area contributed by atoms with Gasteiger partial charge in [-0.05, 0) is 36.8 Å². The minimum absolute atomic E-state index is 0.0880. The SMILES string of the molecule is COCCn1cc(NC(=O)Nc2ccc(OC(F)(F)F)cc2)nc1C(=O)NCCCn1cccn1. The molecule has 0 radical (unpaired) electrons. The summed E-state index contributed by atoms with van der Waals surface area (Å²) < 4.78 is 48.9. The van der Waals surface area contributed by atoms with Crippen molar-refractivity contribution < 1.29 is 32.2 Å². The van der Waals surface area contributed by atoms with Crippen LogP contribution in [-0.2, 0) is 17.8 Å². The van der Waals surface area contributed by atoms with Crippen molar-refractivity contribution in [1.29, 1.82) is 0 Å². The van der Waals surface area contributed by atoms with Gasteiger partial charge in [0.15, 0.2) is 5.82 Å². The van der Waals surface area contributed by atoms with Crippen molar-refractivity contribution >= 4 is 23.4 Å². The molecule has 3 N–H and O–H groups in total. The lowest BCUT2D eigenvalue weighted by Gasteiger charge is -2.10. The maximum atomic E-state index is 12.6. The highest BCUT2D eigenvalue weighted by Gasteiger charge is 2.31. The fourth-order valence-corrected chi connectivity index (χ4v) is 2.99. The molecular weight excluding hydrogens is 471 g/mol. The van der Waals surface area contributed by atoms with Crippen LogP contribution in [0.25, 0.3) is 0 Å². The van der Waals surface area contributed by atoms with Crippen molar-refractivity contribution in [3.63, 3.8) is 0 Å². The van der Waals surface area contributed by atoms with E-state index in [-0.39, 0.29) is 17.3 Å². The molecule has 35 heavy (non-hydrogen) atoms. The van der Waals surface area contributed by atoms with Gasteiger partial charge in [-0.2, -0.15) is 5.10 Å². The van der Waals surface area contributed by atoms with E-state index in [9.17, 15) is 22.8 Å². The Kier molecular flexibility index (Phi) is 8.67. The van der Waals surface area contributed by atoms with E-state index < -0.39 is 24.1 Å². The number of carbonyl (C=O) groups is 2. The quantitative estimate of drug-likeness (QED) is 0.351. The maximum absolute atomic E-state index is 12.6. The zero-order valence-electron chi connectivity index (χ0n) is 18.7. The molecule has 0 fully saturated rings. The first-order valence-corrected chi connectivity index (χ1v) is 10.5. The molecule has 2 aromatic heterocycles. The summed E-state index contributed by atoms with van der Waals surface area (Å²) in [5, 5.41) is 11.8. The maximum Gasteiger partial charge on any atom is 0.573 e. The smallest absolute Gasteiger partial charge is 0.406 e. The molecular formula is C21H24F3N7O4. The largest absolute Gasteiger partial charge is 0.573 e. The molecule has 0 unspecified atom stereocenters. The van der Waals surface area contributed by atoms with E-state index in [1.807, 2.05) is 12.3 Å². The second-order valence-electron chi connectivity index (χ2n) is 7.17. The molecule has 0 atom stereocenters. The third-order valence-electron chi connectivity index (χ3n) is 4.51. The van der Waals surface area contributed by atoms with Crippen molar-refractivity contribution in [1.82, 2.24) is 24.6 Å². The number of methoxy groups -OCH3 is 1. The summed E-state index contributed by atoms with van der Waals surface area (Å²) in [5.74, 6) is -0.640. The number of amides is 3. The Hall–Kier alpha value is -4.07. The molecule has 0 aliphatic carbocycles. The van der Waals surface area contributed by atoms with Gasteiger partial charge in [0.2, 0.25) is 5.82 Å². The molecule has 3 aromatic rings. The van der Waals surface area contributed by atoms with E-state index >= 15 is 0 Å². The van der Waals surface area contributed by atoms with Crippen molar-refractivity contribution in [2.24, 2.45) is 0 Å². The van der Waals surface area contributed by atoms with E-state index in [1.165, 1.54) is 25.4 Å². The molecule has 1 aromatic carbocycles. The molecule has 0 saturated carbocycles. The standard InChI is InChI=1S/C21H24F3N7O4/c1-34-13-12-30-14-17(28-18(30)19(32)25-8-2-10-31-11-3-9-26-31)29-20(33)27-15-4-6-16(7-5-15)35-21(22,23)24/h3-7,9,11,14H,2,8,10,12-13H2,1H3,(H,25,32)(H2,27,29,33). The number of alkyl halides is 3. The Morgan fingerprint density at radius 2 is 1.89 bits per heavy atom. The minimum atomic E-state index is -4.81. The number of rotatable bonds is 11. The third-order valence-corrected chi connectivity index (χ3v) is 4.51. The number of anilines is 2. The Bertz CT molecular complexity index is 1100. The van der Waals surface area contributed by atoms with Crippen LogP contribution in [0, 0.1) is 0 Å². The number of nitrogens with zero attached hydrogens (tertiary/aromatic N) is 4. The van der Waals surface area contributed by atoms with Gasteiger partial charge in [-0.1, -0.05) is 0 Å². The van der Waals surface area contributed by atoms with Gasteiger partial charge in [0.1, 0.15) is 5.75 Å². The minimum Gasteiger partial charge on any atom is -0.406 e. The van der Waals surface area contributed by atoms with Crippen LogP contribution >= 0.6 is 0 Å². The summed E-state index contributed by atoms with van der Waals surface area (Å²) in [7, 11) is 1.52. The summed E-state index contributed by atoms with van der Waals surface area (Å²) in [6.45, 7) is 1.67. The number of nitrogens with one attached hydrogen (secondary N) is 3. The molecule has 0 saturated heterocycles. The van der Waals surface area contributed by atoms with Crippen molar-refractivity contribution in [3.05, 3.63) is 54.7 Å². The number of halogens is 3. The molecule has 2 heterocycles. The Morgan fingerprint density at radius 3 is 2.54 bits per heavy atom. The van der Waals surface area contributed by atoms with E-state index in [1.54, 1.807) is 15.4 Å². The number of aromatic nitrogens is 4. The van der Waals surface area contributed by atoms with Crippen LogP contribution in [0.15, 0.2) is 48.9 Å². The molecule has 0 bridgehead atoms. The van der Waals surface area contributed by atoms with Gasteiger partial charge in [-0.15, -0.1) is 13.2 Å². The lowest BCUT2D eigenvalue weighted by atomic mass is 10.3. The Morgan fingerprint density at radius 1 is 1.11 bits per heavy atom. The molecule has 3 amide bonds. The second kappa shape index (κ2) is 11.9. The lowest BCUT2D eigenvalue weighted by Crippen LogP contribution is -2.28. The number of hydrogen-bond donors (Lipinski definition) is 3. The van der Waals surface area contributed by atoms with Crippen LogP contribution in [0.1, 0.15) is 17.0 Å². The predicted octanol–water partition coefficient (Wildman–Crippen LogP) is 3.09. The highest BCUT2D eigenvalue weighted by Crippen LogP contribution is 2.24. The van der Waals surface area contributed by atoms with Gasteiger partial charge < -0.3 is 24.7 Å². The van der Waals surface area contributed by atoms with E-state index in [0.717, 1.165) is 12.1 Å². The summed E-state index contributed by atoms with van der Waals surface area (Å²) >= 11 is 0. The molecule has 0 aliphatic rings. The average Bonchev–Trinajstić information content (AvgIpc) is 3.45. The van der Waals surface area contributed by atoms with E-state index in [0.29, 0.717) is 32.7 Å². The number of benzene rings is 1. The van der Waals surface area contributed by atoms with Crippen LogP contribution in [0.4, 0.5) is 29.5 Å².